The van der Waals surface area contributed by atoms with Crippen LogP contribution in [0.3, 0.4) is 0 Å². The van der Waals surface area contributed by atoms with Crippen LogP contribution in [0.5, 0.6) is 0 Å². The first-order valence-electron chi connectivity index (χ1n) is 10.5. The third-order valence-corrected chi connectivity index (χ3v) is 5.58. The van der Waals surface area contributed by atoms with Gasteiger partial charge in [-0.3, -0.25) is 14.7 Å². The van der Waals surface area contributed by atoms with Gasteiger partial charge in [0.2, 0.25) is 0 Å². The van der Waals surface area contributed by atoms with E-state index in [2.05, 4.69) is 22.0 Å². The Bertz CT molecular complexity index is 1150. The first-order valence-corrected chi connectivity index (χ1v) is 10.5. The Labute approximate surface area is 193 Å². The highest BCUT2D eigenvalue weighted by atomic mass is 19.4. The third kappa shape index (κ3) is 5.09. The number of cyclic esters (lactones) is 1. The summed E-state index contributed by atoms with van der Waals surface area (Å²) in [4.78, 5) is 29.9. The van der Waals surface area contributed by atoms with E-state index in [9.17, 15) is 22.8 Å². The number of aromatic nitrogens is 3. The number of likely N-dealkylation sites (N-methyl/N-ethyl adjacent to an activating group) is 1. The summed E-state index contributed by atoms with van der Waals surface area (Å²) in [6.45, 7) is 3.31. The van der Waals surface area contributed by atoms with Crippen LogP contribution in [0, 0.1) is 0 Å². The van der Waals surface area contributed by atoms with E-state index in [0.29, 0.717) is 30.3 Å². The van der Waals surface area contributed by atoms with Gasteiger partial charge in [0.25, 0.3) is 0 Å². The molecule has 1 aromatic carbocycles. The van der Waals surface area contributed by atoms with Crippen molar-refractivity contribution in [1.82, 2.24) is 24.6 Å². The molecule has 0 spiro atoms. The van der Waals surface area contributed by atoms with Gasteiger partial charge in [-0.05, 0) is 49.5 Å². The second kappa shape index (κ2) is 9.64. The van der Waals surface area contributed by atoms with E-state index in [0.717, 1.165) is 37.3 Å². The molecular weight excluding hydrogens is 451 g/mol. The van der Waals surface area contributed by atoms with Crippen molar-refractivity contribution in [2.45, 2.75) is 12.2 Å². The molecule has 2 aliphatic rings. The Morgan fingerprint density at radius 2 is 1.79 bits per heavy atom. The molecule has 5 rings (SSSR count). The number of nitrogens with zero attached hydrogens (tertiary/aromatic N) is 5. The Balaban J connectivity index is 0.000000207. The fraction of sp³-hybridized carbons (Fsp3) is 0.304. The number of amides is 1. The quantitative estimate of drug-likeness (QED) is 0.542. The maximum Gasteiger partial charge on any atom is 0.416 e. The normalized spacial score (nSPS) is 18.1. The van der Waals surface area contributed by atoms with Gasteiger partial charge >= 0.3 is 12.3 Å². The van der Waals surface area contributed by atoms with E-state index in [4.69, 9.17) is 4.74 Å². The van der Waals surface area contributed by atoms with Crippen LogP contribution in [0.25, 0.3) is 16.9 Å². The first kappa shape index (κ1) is 23.4. The Morgan fingerprint density at radius 1 is 1.09 bits per heavy atom. The predicted octanol–water partition coefficient (Wildman–Crippen LogP) is 3.52. The van der Waals surface area contributed by atoms with Crippen molar-refractivity contribution in [1.29, 1.82) is 0 Å². The molecule has 4 heterocycles. The number of benzene rings is 1. The maximum atomic E-state index is 12.6. The number of pyridine rings is 1. The summed E-state index contributed by atoms with van der Waals surface area (Å²) in [5.41, 5.74) is 1.22. The lowest BCUT2D eigenvalue weighted by Gasteiger charge is -2.32. The van der Waals surface area contributed by atoms with E-state index in [1.54, 1.807) is 30.6 Å². The highest BCUT2D eigenvalue weighted by molar-refractivity contribution is 5.76. The zero-order valence-electron chi connectivity index (χ0n) is 18.3. The van der Waals surface area contributed by atoms with E-state index >= 15 is 0 Å². The van der Waals surface area contributed by atoms with Crippen LogP contribution in [0.1, 0.15) is 16.1 Å². The minimum atomic E-state index is -4.40. The molecule has 2 fully saturated rings. The molecule has 3 aromatic rings. The molecule has 2 aliphatic heterocycles. The van der Waals surface area contributed by atoms with Crippen molar-refractivity contribution in [2.24, 2.45) is 0 Å². The average molecular weight is 473 g/mol. The van der Waals surface area contributed by atoms with Gasteiger partial charge in [-0.2, -0.15) is 18.3 Å². The van der Waals surface area contributed by atoms with Crippen LogP contribution in [0.15, 0.2) is 54.9 Å². The largest absolute Gasteiger partial charge is 0.447 e. The molecule has 0 saturated carbocycles. The molecular formula is C23H22F3N5O3. The van der Waals surface area contributed by atoms with Crippen LogP contribution in [-0.4, -0.2) is 76.3 Å². The van der Waals surface area contributed by atoms with E-state index in [-0.39, 0.29) is 11.8 Å². The van der Waals surface area contributed by atoms with Gasteiger partial charge < -0.3 is 9.64 Å². The third-order valence-electron chi connectivity index (χ3n) is 5.58. The number of ether oxygens (including phenoxy) is 1. The van der Waals surface area contributed by atoms with Gasteiger partial charge in [0.1, 0.15) is 12.3 Å². The topological polar surface area (TPSA) is 80.6 Å². The van der Waals surface area contributed by atoms with Crippen molar-refractivity contribution < 1.29 is 27.5 Å². The van der Waals surface area contributed by atoms with Gasteiger partial charge in [0, 0.05) is 37.6 Å². The number of alkyl halides is 3. The van der Waals surface area contributed by atoms with Gasteiger partial charge in [-0.15, -0.1) is 0 Å². The van der Waals surface area contributed by atoms with E-state index in [1.165, 1.54) is 16.8 Å². The number of hydrogen-bond donors (Lipinski definition) is 0. The summed E-state index contributed by atoms with van der Waals surface area (Å²) >= 11 is 0. The summed E-state index contributed by atoms with van der Waals surface area (Å²) in [7, 11) is 2.07. The van der Waals surface area contributed by atoms with Gasteiger partial charge in [-0.25, -0.2) is 9.48 Å². The van der Waals surface area contributed by atoms with Crippen LogP contribution in [0.2, 0.25) is 0 Å². The number of rotatable bonds is 3. The summed E-state index contributed by atoms with van der Waals surface area (Å²) < 4.78 is 44.3. The highest BCUT2D eigenvalue weighted by Gasteiger charge is 2.36. The van der Waals surface area contributed by atoms with Crippen molar-refractivity contribution >= 4 is 12.4 Å². The monoisotopic (exact) mass is 473 g/mol. The molecule has 1 atom stereocenters. The number of fused-ring (bicyclic) bond motifs is 1. The molecule has 178 valence electrons. The molecule has 2 aromatic heterocycles. The average Bonchev–Trinajstić information content (AvgIpc) is 3.43. The highest BCUT2D eigenvalue weighted by Crippen LogP contribution is 2.30. The molecule has 8 nitrogen and oxygen atoms in total. The minimum Gasteiger partial charge on any atom is -0.447 e. The lowest BCUT2D eigenvalue weighted by Crippen LogP contribution is -2.50. The summed E-state index contributed by atoms with van der Waals surface area (Å²) in [5.74, 6) is 0. The first-order chi connectivity index (χ1) is 16.3. The fourth-order valence-corrected chi connectivity index (χ4v) is 3.82. The van der Waals surface area contributed by atoms with Gasteiger partial charge in [-0.1, -0.05) is 0 Å². The van der Waals surface area contributed by atoms with Crippen LogP contribution in [-0.2, 0) is 10.9 Å². The fourth-order valence-electron chi connectivity index (χ4n) is 3.82. The number of aldehydes is 1. The molecule has 1 amide bonds. The van der Waals surface area contributed by atoms with Crippen LogP contribution in [0.4, 0.5) is 18.0 Å². The second-order valence-corrected chi connectivity index (χ2v) is 7.95. The number of hydrogen-bond acceptors (Lipinski definition) is 6. The van der Waals surface area contributed by atoms with Gasteiger partial charge in [0.05, 0.1) is 23.0 Å². The van der Waals surface area contributed by atoms with Crippen LogP contribution >= 0.6 is 0 Å². The summed E-state index contributed by atoms with van der Waals surface area (Å²) in [6, 6.07) is 9.92. The summed E-state index contributed by atoms with van der Waals surface area (Å²) in [6.07, 6.45) is -0.779. The predicted molar refractivity (Wildman–Crippen MR) is 117 cm³/mol. The molecule has 11 heteroatoms. The van der Waals surface area contributed by atoms with Crippen molar-refractivity contribution in [3.8, 4) is 16.9 Å². The Hall–Kier alpha value is -3.73. The SMILES string of the molecule is CN1CCN2C(=O)OCC2C1.O=Cc1cc(-c2ccncc2)n(-c2ccc(C(F)(F)F)cc2)n1. The minimum absolute atomic E-state index is 0.136. The van der Waals surface area contributed by atoms with Crippen molar-refractivity contribution in [3.05, 3.63) is 66.1 Å². The molecule has 34 heavy (non-hydrogen) atoms. The lowest BCUT2D eigenvalue weighted by atomic mass is 10.1. The second-order valence-electron chi connectivity index (χ2n) is 7.95. The number of halogens is 3. The zero-order chi connectivity index (χ0) is 24.3. The number of piperazine rings is 1. The van der Waals surface area contributed by atoms with E-state index < -0.39 is 11.7 Å². The van der Waals surface area contributed by atoms with E-state index in [1.807, 2.05) is 4.90 Å². The standard InChI is InChI=1S/C16H10F3N3O.C7H12N2O2/c17-16(18,19)12-1-3-14(4-2-12)22-15(9-13(10-23)21-22)11-5-7-20-8-6-11;1-8-2-3-9-6(4-8)5-11-7(9)10/h1-10H;6H,2-5H2,1H3. The van der Waals surface area contributed by atoms with Crippen LogP contribution < -0.4 is 0 Å². The summed E-state index contributed by atoms with van der Waals surface area (Å²) in [5, 5.41) is 4.11. The number of carbonyl (C=O) groups is 2. The number of carbonyl (C=O) groups excluding carboxylic acids is 2. The molecule has 0 aliphatic carbocycles. The molecule has 0 bridgehead atoms. The lowest BCUT2D eigenvalue weighted by molar-refractivity contribution is -0.137. The van der Waals surface area contributed by atoms with Crippen molar-refractivity contribution in [3.63, 3.8) is 0 Å². The molecule has 2 saturated heterocycles. The Kier molecular flexibility index (Phi) is 6.64. The smallest absolute Gasteiger partial charge is 0.416 e. The Morgan fingerprint density at radius 3 is 2.44 bits per heavy atom. The molecule has 0 N–H and O–H groups in total. The molecule has 0 radical (unpaired) electrons. The zero-order valence-corrected chi connectivity index (χ0v) is 18.3. The maximum absolute atomic E-state index is 12.6. The van der Waals surface area contributed by atoms with Crippen molar-refractivity contribution in [2.75, 3.05) is 33.3 Å². The molecule has 1 unspecified atom stereocenters. The van der Waals surface area contributed by atoms with Gasteiger partial charge in [0.15, 0.2) is 6.29 Å².